The summed E-state index contributed by atoms with van der Waals surface area (Å²) < 4.78 is 16.9. The largest absolute Gasteiger partial charge is 0.346 e. The van der Waals surface area contributed by atoms with Gasteiger partial charge in [0.05, 0.1) is 35.7 Å². The zero-order valence-electron chi connectivity index (χ0n) is 17.8. The molecule has 7 heteroatoms. The van der Waals surface area contributed by atoms with Gasteiger partial charge in [-0.05, 0) is 55.3 Å². The maximum atomic E-state index is 14.7. The molecule has 2 aromatic carbocycles. The molecule has 33 heavy (non-hydrogen) atoms. The molecule has 6 nitrogen and oxygen atoms in total. The molecular weight excluding hydrogens is 415 g/mol. The molecule has 4 heterocycles. The van der Waals surface area contributed by atoms with Crippen LogP contribution >= 0.6 is 0 Å². The normalized spacial score (nSPS) is 15.9. The van der Waals surface area contributed by atoms with Crippen molar-refractivity contribution in [2.45, 2.75) is 13.0 Å². The quantitative estimate of drug-likeness (QED) is 0.363. The Kier molecular flexibility index (Phi) is 4.67. The lowest BCUT2D eigenvalue weighted by molar-refractivity contribution is 0.491. The Labute approximate surface area is 189 Å². The monoisotopic (exact) mass is 436 g/mol. The second kappa shape index (κ2) is 7.84. The maximum Gasteiger partial charge on any atom is 0.222 e. The molecule has 0 amide bonds. The van der Waals surface area contributed by atoms with Crippen molar-refractivity contribution < 1.29 is 4.39 Å². The number of pyridine rings is 1. The van der Waals surface area contributed by atoms with Gasteiger partial charge in [0.15, 0.2) is 0 Å². The summed E-state index contributed by atoms with van der Waals surface area (Å²) in [7, 11) is 0. The van der Waals surface area contributed by atoms with Crippen molar-refractivity contribution >= 4 is 27.5 Å². The van der Waals surface area contributed by atoms with Crippen LogP contribution in [-0.4, -0.2) is 32.8 Å². The van der Waals surface area contributed by atoms with Crippen molar-refractivity contribution in [3.8, 4) is 22.4 Å². The summed E-state index contributed by atoms with van der Waals surface area (Å²) in [5.41, 5.74) is 5.29. The summed E-state index contributed by atoms with van der Waals surface area (Å²) in [4.78, 5) is 8.15. The highest BCUT2D eigenvalue weighted by molar-refractivity contribution is 6.02. The third-order valence-corrected chi connectivity index (χ3v) is 6.52. The van der Waals surface area contributed by atoms with Crippen LogP contribution in [0, 0.1) is 18.3 Å². The minimum atomic E-state index is -0.521. The van der Waals surface area contributed by atoms with E-state index in [1.807, 2.05) is 30.5 Å². The Morgan fingerprint density at radius 2 is 2.03 bits per heavy atom. The van der Waals surface area contributed by atoms with Crippen LogP contribution in [0.15, 0.2) is 61.1 Å². The number of rotatable bonds is 4. The first kappa shape index (κ1) is 19.6. The third-order valence-electron chi connectivity index (χ3n) is 6.52. The highest BCUT2D eigenvalue weighted by atomic mass is 19.1. The van der Waals surface area contributed by atoms with Gasteiger partial charge < -0.3 is 9.88 Å². The highest BCUT2D eigenvalue weighted by Gasteiger charge is 2.20. The predicted molar refractivity (Wildman–Crippen MR) is 127 cm³/mol. The summed E-state index contributed by atoms with van der Waals surface area (Å²) in [6, 6.07) is 12.9. The highest BCUT2D eigenvalue weighted by Crippen LogP contribution is 2.39. The van der Waals surface area contributed by atoms with Gasteiger partial charge in [0, 0.05) is 34.6 Å². The topological polar surface area (TPSA) is 62.9 Å². The molecule has 0 bridgehead atoms. The molecule has 1 aliphatic rings. The van der Waals surface area contributed by atoms with E-state index in [1.54, 1.807) is 12.3 Å². The average Bonchev–Trinajstić information content (AvgIpc) is 3.60. The van der Waals surface area contributed by atoms with Crippen LogP contribution in [0.1, 0.15) is 6.42 Å². The lowest BCUT2D eigenvalue weighted by atomic mass is 9.95. The molecule has 0 aliphatic carbocycles. The van der Waals surface area contributed by atoms with Gasteiger partial charge in [0.2, 0.25) is 5.69 Å². The Hall–Kier alpha value is -4.02. The Balaban J connectivity index is 1.57. The fourth-order valence-corrected chi connectivity index (χ4v) is 4.82. The van der Waals surface area contributed by atoms with Crippen LogP contribution in [-0.2, 0) is 6.54 Å². The average molecular weight is 436 g/mol. The van der Waals surface area contributed by atoms with Gasteiger partial charge in [-0.1, -0.05) is 18.2 Å². The van der Waals surface area contributed by atoms with E-state index in [2.05, 4.69) is 37.2 Å². The first-order valence-electron chi connectivity index (χ1n) is 11.0. The van der Waals surface area contributed by atoms with Crippen molar-refractivity contribution in [3.63, 3.8) is 0 Å². The summed E-state index contributed by atoms with van der Waals surface area (Å²) in [6.07, 6.45) is 6.96. The predicted octanol–water partition coefficient (Wildman–Crippen LogP) is 5.55. The van der Waals surface area contributed by atoms with E-state index >= 15 is 0 Å². The van der Waals surface area contributed by atoms with Crippen molar-refractivity contribution in [2.75, 3.05) is 13.1 Å². The minimum Gasteiger partial charge on any atom is -0.346 e. The molecule has 162 valence electrons. The number of fused-ring (bicyclic) bond motifs is 2. The molecule has 3 aromatic heterocycles. The van der Waals surface area contributed by atoms with E-state index in [9.17, 15) is 4.39 Å². The van der Waals surface area contributed by atoms with E-state index in [0.717, 1.165) is 64.7 Å². The van der Waals surface area contributed by atoms with Crippen molar-refractivity contribution in [1.82, 2.24) is 25.1 Å². The Morgan fingerprint density at radius 3 is 2.85 bits per heavy atom. The number of halogens is 1. The van der Waals surface area contributed by atoms with Gasteiger partial charge in [-0.15, -0.1) is 0 Å². The molecule has 1 aliphatic heterocycles. The SMILES string of the molecule is [C-]#[N+]c1ccc(-c2c(-c3ccc4[nH]ncc4c3)ncc3c2ccn3C[C@@H]2CCNC2)cc1F. The van der Waals surface area contributed by atoms with Gasteiger partial charge >= 0.3 is 0 Å². The molecule has 5 aromatic rings. The molecule has 0 radical (unpaired) electrons. The summed E-state index contributed by atoms with van der Waals surface area (Å²) >= 11 is 0. The van der Waals surface area contributed by atoms with Crippen LogP contribution in [0.25, 0.3) is 49.0 Å². The van der Waals surface area contributed by atoms with Crippen LogP contribution in [0.2, 0.25) is 0 Å². The van der Waals surface area contributed by atoms with Gasteiger partial charge in [-0.3, -0.25) is 10.1 Å². The van der Waals surface area contributed by atoms with Gasteiger partial charge in [0.1, 0.15) is 5.82 Å². The number of nitrogens with zero attached hydrogens (tertiary/aromatic N) is 4. The molecular formula is C26H21FN6. The fourth-order valence-electron chi connectivity index (χ4n) is 4.82. The van der Waals surface area contributed by atoms with Crippen molar-refractivity contribution in [1.29, 1.82) is 0 Å². The molecule has 6 rings (SSSR count). The van der Waals surface area contributed by atoms with E-state index in [0.29, 0.717) is 11.5 Å². The van der Waals surface area contributed by atoms with Crippen LogP contribution < -0.4 is 5.32 Å². The number of hydrogen-bond acceptors (Lipinski definition) is 3. The van der Waals surface area contributed by atoms with E-state index in [1.165, 1.54) is 6.07 Å². The zero-order valence-corrected chi connectivity index (χ0v) is 17.8. The smallest absolute Gasteiger partial charge is 0.222 e. The van der Waals surface area contributed by atoms with Crippen LogP contribution in [0.4, 0.5) is 10.1 Å². The number of nitrogens with one attached hydrogen (secondary N) is 2. The van der Waals surface area contributed by atoms with E-state index < -0.39 is 5.82 Å². The van der Waals surface area contributed by atoms with Crippen molar-refractivity contribution in [2.24, 2.45) is 5.92 Å². The standard InChI is InChI=1S/C26H21FN6/c1-28-23-5-2-17(11-21(23)27)25-20-7-9-33(15-16-6-8-29-12-16)24(20)14-30-26(25)18-3-4-22-19(10-18)13-31-32-22/h2-5,7,9-11,13-14,16,29H,6,8,12,15H2,(H,31,32)/t16-/m1/s1. The fraction of sp³-hybridized carbons (Fsp3) is 0.192. The molecule has 1 saturated heterocycles. The van der Waals surface area contributed by atoms with Gasteiger partial charge in [-0.25, -0.2) is 9.24 Å². The van der Waals surface area contributed by atoms with E-state index in [4.69, 9.17) is 11.6 Å². The first-order chi connectivity index (χ1) is 16.2. The number of benzene rings is 2. The maximum absolute atomic E-state index is 14.7. The molecule has 0 saturated carbocycles. The lowest BCUT2D eigenvalue weighted by Gasteiger charge is -2.15. The second-order valence-corrected chi connectivity index (χ2v) is 8.56. The Bertz CT molecular complexity index is 1530. The van der Waals surface area contributed by atoms with Crippen LogP contribution in [0.3, 0.4) is 0 Å². The number of hydrogen-bond donors (Lipinski definition) is 2. The number of H-pyrrole nitrogens is 1. The molecule has 0 spiro atoms. The third kappa shape index (κ3) is 3.36. The zero-order chi connectivity index (χ0) is 22.4. The second-order valence-electron chi connectivity index (χ2n) is 8.56. The van der Waals surface area contributed by atoms with E-state index in [-0.39, 0.29) is 5.69 Å². The van der Waals surface area contributed by atoms with Crippen LogP contribution in [0.5, 0.6) is 0 Å². The summed E-state index contributed by atoms with van der Waals surface area (Å²) in [5.74, 6) is 0.0646. The number of aromatic amines is 1. The van der Waals surface area contributed by atoms with Gasteiger partial charge in [-0.2, -0.15) is 5.10 Å². The molecule has 1 atom stereocenters. The minimum absolute atomic E-state index is 0.0200. The number of aromatic nitrogens is 4. The molecule has 0 unspecified atom stereocenters. The summed E-state index contributed by atoms with van der Waals surface area (Å²) in [5, 5.41) is 12.5. The van der Waals surface area contributed by atoms with Gasteiger partial charge in [0.25, 0.3) is 0 Å². The van der Waals surface area contributed by atoms with Crippen molar-refractivity contribution in [3.05, 3.63) is 78.3 Å². The molecule has 2 N–H and O–H groups in total. The first-order valence-corrected chi connectivity index (χ1v) is 11.0. The summed E-state index contributed by atoms with van der Waals surface area (Å²) in [6.45, 7) is 10.2. The Morgan fingerprint density at radius 1 is 1.12 bits per heavy atom. The molecule has 1 fully saturated rings. The lowest BCUT2D eigenvalue weighted by Crippen LogP contribution is -2.14.